The average molecular weight is 266 g/mol. The third-order valence-corrected chi connectivity index (χ3v) is 3.38. The molecule has 1 N–H and O–H groups in total. The number of aromatic nitrogens is 3. The van der Waals surface area contributed by atoms with E-state index in [-0.39, 0.29) is 0 Å². The normalized spacial score (nSPS) is 11.0. The van der Waals surface area contributed by atoms with Gasteiger partial charge >= 0.3 is 0 Å². The lowest BCUT2D eigenvalue weighted by molar-refractivity contribution is 0.589. The Morgan fingerprint density at radius 3 is 2.80 bits per heavy atom. The maximum absolute atomic E-state index is 4.00. The Bertz CT molecular complexity index is 660. The number of hydrogen-bond acceptors (Lipinski definition) is 3. The number of nitrogens with zero attached hydrogens (tertiary/aromatic N) is 3. The molecule has 20 heavy (non-hydrogen) atoms. The van der Waals surface area contributed by atoms with Crippen LogP contribution in [0.15, 0.2) is 55.2 Å². The second-order valence-electron chi connectivity index (χ2n) is 4.85. The predicted molar refractivity (Wildman–Crippen MR) is 80.3 cm³/mol. The molecule has 2 aromatic heterocycles. The van der Waals surface area contributed by atoms with E-state index >= 15 is 0 Å². The summed E-state index contributed by atoms with van der Waals surface area (Å²) in [6.07, 6.45) is 8.52. The minimum Gasteiger partial charge on any atom is -0.347 e. The first-order valence-electron chi connectivity index (χ1n) is 6.92. The van der Waals surface area contributed by atoms with Gasteiger partial charge in [0.15, 0.2) is 0 Å². The third kappa shape index (κ3) is 3.03. The molecule has 0 aliphatic rings. The number of fused-ring (bicyclic) bond motifs is 1. The van der Waals surface area contributed by atoms with Gasteiger partial charge in [0.25, 0.3) is 0 Å². The number of aryl methyl sites for hydroxylation is 1. The molecule has 0 spiro atoms. The summed E-state index contributed by atoms with van der Waals surface area (Å²) in [6, 6.07) is 10.7. The van der Waals surface area contributed by atoms with Crippen molar-refractivity contribution in [2.45, 2.75) is 19.5 Å². The van der Waals surface area contributed by atoms with Crippen LogP contribution in [0.5, 0.6) is 0 Å². The predicted octanol–water partition coefficient (Wildman–Crippen LogP) is 2.61. The summed E-state index contributed by atoms with van der Waals surface area (Å²) in [4.78, 5) is 8.01. The Labute approximate surface area is 118 Å². The van der Waals surface area contributed by atoms with Gasteiger partial charge in [-0.25, -0.2) is 9.97 Å². The molecule has 0 unspecified atom stereocenters. The highest BCUT2D eigenvalue weighted by atomic mass is 15.0. The molecular formula is C16H18N4. The van der Waals surface area contributed by atoms with E-state index in [1.54, 1.807) is 6.33 Å². The van der Waals surface area contributed by atoms with Crippen LogP contribution in [0.4, 0.5) is 0 Å². The number of nitrogens with one attached hydrogen (secondary N) is 1. The van der Waals surface area contributed by atoms with E-state index in [0.717, 1.165) is 31.6 Å². The van der Waals surface area contributed by atoms with Gasteiger partial charge in [0, 0.05) is 42.8 Å². The zero-order valence-corrected chi connectivity index (χ0v) is 11.4. The van der Waals surface area contributed by atoms with Gasteiger partial charge in [0.1, 0.15) is 6.33 Å². The Hall–Kier alpha value is -2.20. The zero-order valence-electron chi connectivity index (χ0n) is 11.4. The Morgan fingerprint density at radius 2 is 1.90 bits per heavy atom. The van der Waals surface area contributed by atoms with Crippen LogP contribution in [0, 0.1) is 0 Å². The van der Waals surface area contributed by atoms with Crippen molar-refractivity contribution >= 4 is 10.9 Å². The van der Waals surface area contributed by atoms with E-state index in [1.165, 1.54) is 10.9 Å². The van der Waals surface area contributed by atoms with E-state index in [2.05, 4.69) is 56.4 Å². The van der Waals surface area contributed by atoms with Crippen molar-refractivity contribution < 1.29 is 0 Å². The van der Waals surface area contributed by atoms with Crippen molar-refractivity contribution in [2.75, 3.05) is 6.54 Å². The third-order valence-electron chi connectivity index (χ3n) is 3.38. The number of para-hydroxylation sites is 1. The molecule has 0 aliphatic carbocycles. The summed E-state index contributed by atoms with van der Waals surface area (Å²) < 4.78 is 2.31. The second-order valence-corrected chi connectivity index (χ2v) is 4.85. The standard InChI is InChI=1S/C16H18N4/c1-2-5-16-15(4-1)6-9-20(16)8-3-7-17-10-14-11-18-13-19-12-14/h1-2,4-6,9,11-13,17H,3,7-8,10H2. The highest BCUT2D eigenvalue weighted by Crippen LogP contribution is 2.15. The summed E-state index contributed by atoms with van der Waals surface area (Å²) in [5, 5.41) is 4.73. The smallest absolute Gasteiger partial charge is 0.115 e. The fourth-order valence-corrected chi connectivity index (χ4v) is 2.36. The maximum atomic E-state index is 4.00. The van der Waals surface area contributed by atoms with Crippen molar-refractivity contribution in [3.05, 3.63) is 60.8 Å². The summed E-state index contributed by atoms with van der Waals surface area (Å²) in [5.41, 5.74) is 2.43. The van der Waals surface area contributed by atoms with Crippen LogP contribution in [0.1, 0.15) is 12.0 Å². The van der Waals surface area contributed by atoms with E-state index in [1.807, 2.05) is 12.4 Å². The molecule has 4 nitrogen and oxygen atoms in total. The van der Waals surface area contributed by atoms with Crippen molar-refractivity contribution in [1.82, 2.24) is 19.9 Å². The molecule has 0 fully saturated rings. The lowest BCUT2D eigenvalue weighted by Crippen LogP contribution is -2.16. The molecule has 0 saturated heterocycles. The van der Waals surface area contributed by atoms with Gasteiger partial charge in [-0.2, -0.15) is 0 Å². The lowest BCUT2D eigenvalue weighted by atomic mass is 10.2. The van der Waals surface area contributed by atoms with Crippen LogP contribution in [0.3, 0.4) is 0 Å². The fraction of sp³-hybridized carbons (Fsp3) is 0.250. The number of hydrogen-bond donors (Lipinski definition) is 1. The molecule has 0 amide bonds. The number of rotatable bonds is 6. The first kappa shape index (κ1) is 12.8. The molecule has 1 aromatic carbocycles. The Balaban J connectivity index is 1.46. The molecule has 3 aromatic rings. The first-order valence-corrected chi connectivity index (χ1v) is 6.92. The molecule has 0 radical (unpaired) electrons. The first-order chi connectivity index (χ1) is 9.93. The van der Waals surface area contributed by atoms with Crippen LogP contribution in [0.2, 0.25) is 0 Å². The van der Waals surface area contributed by atoms with Gasteiger partial charge in [0.05, 0.1) is 0 Å². The molecule has 2 heterocycles. The molecule has 0 saturated carbocycles. The van der Waals surface area contributed by atoms with Crippen molar-refractivity contribution in [2.24, 2.45) is 0 Å². The Kier molecular flexibility index (Phi) is 4.04. The molecule has 0 aliphatic heterocycles. The summed E-state index contributed by atoms with van der Waals surface area (Å²) in [5.74, 6) is 0. The summed E-state index contributed by atoms with van der Waals surface area (Å²) >= 11 is 0. The molecular weight excluding hydrogens is 248 g/mol. The molecule has 4 heteroatoms. The Morgan fingerprint density at radius 1 is 1.05 bits per heavy atom. The van der Waals surface area contributed by atoms with Crippen molar-refractivity contribution in [3.63, 3.8) is 0 Å². The molecule has 3 rings (SSSR count). The van der Waals surface area contributed by atoms with E-state index in [0.29, 0.717) is 0 Å². The van der Waals surface area contributed by atoms with Gasteiger partial charge in [-0.15, -0.1) is 0 Å². The highest BCUT2D eigenvalue weighted by molar-refractivity contribution is 5.79. The van der Waals surface area contributed by atoms with Gasteiger partial charge in [-0.3, -0.25) is 0 Å². The number of benzene rings is 1. The van der Waals surface area contributed by atoms with Gasteiger partial charge in [-0.05, 0) is 30.5 Å². The minimum atomic E-state index is 0.827. The largest absolute Gasteiger partial charge is 0.347 e. The van der Waals surface area contributed by atoms with Crippen LogP contribution in [0.25, 0.3) is 10.9 Å². The SMILES string of the molecule is c1ccc2c(c1)ccn2CCCNCc1cncnc1. The van der Waals surface area contributed by atoms with Crippen molar-refractivity contribution in [3.8, 4) is 0 Å². The second kappa shape index (κ2) is 6.30. The van der Waals surface area contributed by atoms with Crippen LogP contribution in [-0.4, -0.2) is 21.1 Å². The molecule has 102 valence electrons. The van der Waals surface area contributed by atoms with Crippen LogP contribution < -0.4 is 5.32 Å². The highest BCUT2D eigenvalue weighted by Gasteiger charge is 1.99. The topological polar surface area (TPSA) is 42.7 Å². The van der Waals surface area contributed by atoms with E-state index in [4.69, 9.17) is 0 Å². The maximum Gasteiger partial charge on any atom is 0.115 e. The quantitative estimate of drug-likeness (QED) is 0.697. The van der Waals surface area contributed by atoms with Gasteiger partial charge < -0.3 is 9.88 Å². The lowest BCUT2D eigenvalue weighted by Gasteiger charge is -2.07. The van der Waals surface area contributed by atoms with E-state index < -0.39 is 0 Å². The van der Waals surface area contributed by atoms with Gasteiger partial charge in [-0.1, -0.05) is 18.2 Å². The molecule has 0 bridgehead atoms. The summed E-state index contributed by atoms with van der Waals surface area (Å²) in [7, 11) is 0. The van der Waals surface area contributed by atoms with Crippen molar-refractivity contribution in [1.29, 1.82) is 0 Å². The van der Waals surface area contributed by atoms with E-state index in [9.17, 15) is 0 Å². The zero-order chi connectivity index (χ0) is 13.6. The minimum absolute atomic E-state index is 0.827. The van der Waals surface area contributed by atoms with Gasteiger partial charge in [0.2, 0.25) is 0 Å². The monoisotopic (exact) mass is 266 g/mol. The average Bonchev–Trinajstić information content (AvgIpc) is 2.91. The summed E-state index contributed by atoms with van der Waals surface area (Å²) in [6.45, 7) is 2.85. The molecule has 0 atom stereocenters. The fourth-order valence-electron chi connectivity index (χ4n) is 2.36. The van der Waals surface area contributed by atoms with Crippen LogP contribution in [-0.2, 0) is 13.1 Å². The van der Waals surface area contributed by atoms with Crippen LogP contribution >= 0.6 is 0 Å².